The summed E-state index contributed by atoms with van der Waals surface area (Å²) in [5.41, 5.74) is 9.68. The van der Waals surface area contributed by atoms with Crippen LogP contribution in [0, 0.1) is 12.7 Å². The number of benzene rings is 2. The number of fused-ring (bicyclic) bond motifs is 2. The molecule has 0 radical (unpaired) electrons. The molecule has 0 aliphatic heterocycles. The third-order valence-corrected chi connectivity index (χ3v) is 7.47. The smallest absolute Gasteiger partial charge is 0.267 e. The van der Waals surface area contributed by atoms with Crippen molar-refractivity contribution in [3.8, 4) is 22.7 Å². The van der Waals surface area contributed by atoms with Gasteiger partial charge >= 0.3 is 0 Å². The summed E-state index contributed by atoms with van der Waals surface area (Å²) in [5.74, 6) is -0.252. The lowest BCUT2D eigenvalue weighted by atomic mass is 10.1. The van der Waals surface area contributed by atoms with Crippen molar-refractivity contribution in [3.05, 3.63) is 87.3 Å². The Morgan fingerprint density at radius 2 is 1.95 bits per heavy atom. The number of hydrogen-bond acceptors (Lipinski definition) is 8. The Kier molecular flexibility index (Phi) is 5.64. The zero-order valence-electron chi connectivity index (χ0n) is 20.5. The van der Waals surface area contributed by atoms with E-state index >= 15 is 0 Å². The van der Waals surface area contributed by atoms with Crippen molar-refractivity contribution < 1.29 is 9.50 Å². The van der Waals surface area contributed by atoms with Gasteiger partial charge in [-0.3, -0.25) is 9.36 Å². The van der Waals surface area contributed by atoms with E-state index in [1.807, 2.05) is 43.5 Å². The molecule has 0 spiro atoms. The Bertz CT molecular complexity index is 1900. The SMILES string of the molecule is CCc1ccccc1-n1c(Cn2nc(-c3cc(O)cc(F)c3)c3c(N)ncnc32)nc2scc(C)c2c1=O. The van der Waals surface area contributed by atoms with Crippen molar-refractivity contribution in [3.63, 3.8) is 0 Å². The van der Waals surface area contributed by atoms with Gasteiger partial charge in [-0.25, -0.2) is 24.0 Å². The summed E-state index contributed by atoms with van der Waals surface area (Å²) in [5, 5.41) is 17.6. The van der Waals surface area contributed by atoms with Crippen molar-refractivity contribution in [2.45, 2.75) is 26.8 Å². The van der Waals surface area contributed by atoms with E-state index in [0.29, 0.717) is 38.3 Å². The normalized spacial score (nSPS) is 11.6. The van der Waals surface area contributed by atoms with Gasteiger partial charge in [0.05, 0.1) is 16.5 Å². The molecular weight excluding hydrogens is 505 g/mol. The molecule has 38 heavy (non-hydrogen) atoms. The lowest BCUT2D eigenvalue weighted by Crippen LogP contribution is -2.26. The number of nitrogen functional groups attached to an aromatic ring is 1. The van der Waals surface area contributed by atoms with E-state index in [-0.39, 0.29) is 23.7 Å². The van der Waals surface area contributed by atoms with Crippen LogP contribution in [0.5, 0.6) is 5.75 Å². The molecule has 6 aromatic rings. The van der Waals surface area contributed by atoms with E-state index in [1.54, 1.807) is 9.25 Å². The molecule has 11 heteroatoms. The number of phenolic OH excluding ortho intramolecular Hbond substituents is 1. The van der Waals surface area contributed by atoms with Gasteiger partial charge in [0.2, 0.25) is 0 Å². The highest BCUT2D eigenvalue weighted by atomic mass is 32.1. The van der Waals surface area contributed by atoms with Crippen LogP contribution in [0.15, 0.2) is 59.0 Å². The lowest BCUT2D eigenvalue weighted by Gasteiger charge is -2.16. The minimum absolute atomic E-state index is 0.0778. The first-order chi connectivity index (χ1) is 18.4. The molecule has 0 amide bonds. The highest BCUT2D eigenvalue weighted by Crippen LogP contribution is 2.33. The number of rotatable bonds is 5. The van der Waals surface area contributed by atoms with Gasteiger partial charge in [0, 0.05) is 11.6 Å². The van der Waals surface area contributed by atoms with Gasteiger partial charge in [0.15, 0.2) is 5.65 Å². The quantitative estimate of drug-likeness (QED) is 0.336. The highest BCUT2D eigenvalue weighted by Gasteiger charge is 2.22. The zero-order valence-corrected chi connectivity index (χ0v) is 21.3. The summed E-state index contributed by atoms with van der Waals surface area (Å²) >= 11 is 1.41. The van der Waals surface area contributed by atoms with Crippen LogP contribution >= 0.6 is 11.3 Å². The van der Waals surface area contributed by atoms with E-state index in [1.165, 1.54) is 29.8 Å². The molecule has 4 aromatic heterocycles. The molecule has 9 nitrogen and oxygen atoms in total. The molecule has 0 aliphatic rings. The number of hydrogen-bond donors (Lipinski definition) is 2. The fourth-order valence-corrected chi connectivity index (χ4v) is 5.67. The summed E-state index contributed by atoms with van der Waals surface area (Å²) in [6, 6.07) is 11.4. The van der Waals surface area contributed by atoms with Gasteiger partial charge in [-0.1, -0.05) is 25.1 Å². The second-order valence-corrected chi connectivity index (χ2v) is 9.77. The molecule has 0 bridgehead atoms. The summed E-state index contributed by atoms with van der Waals surface area (Å²) in [4.78, 5) is 27.9. The first-order valence-corrected chi connectivity index (χ1v) is 12.8. The second kappa shape index (κ2) is 9.03. The molecule has 0 atom stereocenters. The largest absolute Gasteiger partial charge is 0.508 e. The minimum Gasteiger partial charge on any atom is -0.508 e. The number of nitrogens with zero attached hydrogens (tertiary/aromatic N) is 6. The first-order valence-electron chi connectivity index (χ1n) is 11.9. The molecule has 190 valence electrons. The third kappa shape index (κ3) is 3.79. The third-order valence-electron chi connectivity index (χ3n) is 6.48. The number of thiophene rings is 1. The van der Waals surface area contributed by atoms with Gasteiger partial charge in [-0.15, -0.1) is 11.3 Å². The van der Waals surface area contributed by atoms with Crippen LogP contribution in [-0.2, 0) is 13.0 Å². The molecule has 3 N–H and O–H groups in total. The van der Waals surface area contributed by atoms with Crippen LogP contribution in [-0.4, -0.2) is 34.4 Å². The fraction of sp³-hybridized carbons (Fsp3) is 0.148. The van der Waals surface area contributed by atoms with Crippen LogP contribution in [0.1, 0.15) is 23.9 Å². The van der Waals surface area contributed by atoms with Gasteiger partial charge in [-0.2, -0.15) is 5.10 Å². The zero-order chi connectivity index (χ0) is 26.6. The monoisotopic (exact) mass is 527 g/mol. The first kappa shape index (κ1) is 23.7. The van der Waals surface area contributed by atoms with Crippen molar-refractivity contribution >= 4 is 38.4 Å². The standard InChI is InChI=1S/C27H22FN7O2S/c1-3-15-6-4-5-7-19(15)35-20(32-26-21(27(35)37)14(2)12-38-26)11-34-25-22(24(29)30-13-31-25)23(33-34)16-8-17(28)10-18(36)9-16/h4-10,12-13,36H,3,11H2,1-2H3,(H2,29,30,31). The molecule has 6 rings (SSSR count). The van der Waals surface area contributed by atoms with Crippen molar-refractivity contribution in [1.82, 2.24) is 29.3 Å². The Morgan fingerprint density at radius 3 is 2.74 bits per heavy atom. The topological polar surface area (TPSA) is 125 Å². The Hall–Kier alpha value is -4.64. The number of anilines is 1. The van der Waals surface area contributed by atoms with Crippen LogP contribution < -0.4 is 11.3 Å². The number of phenols is 1. The van der Waals surface area contributed by atoms with E-state index < -0.39 is 5.82 Å². The fourth-order valence-electron chi connectivity index (χ4n) is 4.74. The molecule has 0 unspecified atom stereocenters. The highest BCUT2D eigenvalue weighted by molar-refractivity contribution is 7.16. The minimum atomic E-state index is -0.622. The average Bonchev–Trinajstić information content (AvgIpc) is 3.45. The van der Waals surface area contributed by atoms with Crippen molar-refractivity contribution in [2.75, 3.05) is 5.73 Å². The maximum absolute atomic E-state index is 14.2. The molecular formula is C27H22FN7O2S. The van der Waals surface area contributed by atoms with Crippen LogP contribution in [0.4, 0.5) is 10.2 Å². The molecule has 0 saturated carbocycles. The molecule has 4 heterocycles. The van der Waals surface area contributed by atoms with Crippen LogP contribution in [0.3, 0.4) is 0 Å². The van der Waals surface area contributed by atoms with Crippen LogP contribution in [0.2, 0.25) is 0 Å². The van der Waals surface area contributed by atoms with Crippen LogP contribution in [0.25, 0.3) is 38.2 Å². The molecule has 0 aliphatic carbocycles. The Labute approximate surface area is 219 Å². The van der Waals surface area contributed by atoms with Gasteiger partial charge < -0.3 is 10.8 Å². The van der Waals surface area contributed by atoms with Gasteiger partial charge in [0.1, 0.15) is 46.6 Å². The van der Waals surface area contributed by atoms with Gasteiger partial charge in [-0.05, 0) is 48.1 Å². The number of aryl methyl sites for hydroxylation is 2. The van der Waals surface area contributed by atoms with E-state index in [2.05, 4.69) is 9.97 Å². The second-order valence-electron chi connectivity index (χ2n) is 8.91. The molecule has 0 fully saturated rings. The lowest BCUT2D eigenvalue weighted by molar-refractivity contribution is 0.469. The summed E-state index contributed by atoms with van der Waals surface area (Å²) in [7, 11) is 0. The number of aromatic nitrogens is 6. The van der Waals surface area contributed by atoms with Crippen molar-refractivity contribution in [1.29, 1.82) is 0 Å². The maximum atomic E-state index is 14.2. The Morgan fingerprint density at radius 1 is 1.13 bits per heavy atom. The summed E-state index contributed by atoms with van der Waals surface area (Å²) < 4.78 is 17.4. The van der Waals surface area contributed by atoms with E-state index in [4.69, 9.17) is 15.8 Å². The summed E-state index contributed by atoms with van der Waals surface area (Å²) in [6.07, 6.45) is 2.05. The van der Waals surface area contributed by atoms with Gasteiger partial charge in [0.25, 0.3) is 5.56 Å². The average molecular weight is 528 g/mol. The number of aromatic hydroxyl groups is 1. The number of nitrogens with two attached hydrogens (primary N) is 1. The van der Waals surface area contributed by atoms with E-state index in [0.717, 1.165) is 29.3 Å². The number of halogens is 1. The number of para-hydroxylation sites is 1. The predicted octanol–water partition coefficient (Wildman–Crippen LogP) is 4.60. The van der Waals surface area contributed by atoms with Crippen molar-refractivity contribution in [2.24, 2.45) is 0 Å². The maximum Gasteiger partial charge on any atom is 0.267 e. The molecule has 2 aromatic carbocycles. The molecule has 0 saturated heterocycles. The summed E-state index contributed by atoms with van der Waals surface area (Å²) in [6.45, 7) is 4.01. The Balaban J connectivity index is 1.62. The predicted molar refractivity (Wildman–Crippen MR) is 145 cm³/mol. The van der Waals surface area contributed by atoms with E-state index in [9.17, 15) is 14.3 Å².